The third-order valence-electron chi connectivity index (χ3n) is 8.93. The Bertz CT molecular complexity index is 1740. The van der Waals surface area contributed by atoms with Crippen LogP contribution in [0.4, 0.5) is 4.39 Å². The van der Waals surface area contributed by atoms with Crippen LogP contribution < -0.4 is 5.32 Å². The van der Waals surface area contributed by atoms with Gasteiger partial charge in [-0.05, 0) is 41.2 Å². The average Bonchev–Trinajstić information content (AvgIpc) is 3.51. The number of aromatic amines is 1. The minimum absolute atomic E-state index is 0.00835. The van der Waals surface area contributed by atoms with Crippen LogP contribution >= 0.6 is 11.6 Å². The van der Waals surface area contributed by atoms with Gasteiger partial charge in [-0.1, -0.05) is 96.5 Å². The number of Topliss-reactive ketones (excluding diaryl/α,β-unsaturated/α-hetero) is 1. The summed E-state index contributed by atoms with van der Waals surface area (Å²) in [5.41, 5.74) is 5.18. The number of rotatable bonds is 12. The van der Waals surface area contributed by atoms with E-state index >= 15 is 0 Å². The number of aromatic nitrogens is 2. The maximum atomic E-state index is 14.2. The Morgan fingerprint density at radius 1 is 0.979 bits per heavy atom. The van der Waals surface area contributed by atoms with Gasteiger partial charge < -0.3 is 19.8 Å². The number of morpholine rings is 1. The van der Waals surface area contributed by atoms with E-state index < -0.39 is 17.7 Å². The predicted molar refractivity (Wildman–Crippen MR) is 180 cm³/mol. The summed E-state index contributed by atoms with van der Waals surface area (Å²) in [6.07, 6.45) is 1.65. The number of imidazole rings is 1. The number of H-pyrrole nitrogens is 1. The van der Waals surface area contributed by atoms with Crippen molar-refractivity contribution in [2.24, 2.45) is 5.92 Å². The van der Waals surface area contributed by atoms with Crippen LogP contribution in [0.1, 0.15) is 52.9 Å². The van der Waals surface area contributed by atoms with Crippen LogP contribution in [0, 0.1) is 11.7 Å². The summed E-state index contributed by atoms with van der Waals surface area (Å²) < 4.78 is 25.2. The summed E-state index contributed by atoms with van der Waals surface area (Å²) in [5, 5.41) is 3.54. The Morgan fingerprint density at radius 2 is 1.64 bits per heavy atom. The topological polar surface area (TPSA) is 93.3 Å². The number of nitrogens with one attached hydrogen (secondary N) is 2. The average molecular weight is 654 g/mol. The van der Waals surface area contributed by atoms with Gasteiger partial charge in [0.25, 0.3) is 0 Å². The van der Waals surface area contributed by atoms with Gasteiger partial charge in [0.2, 0.25) is 0 Å². The van der Waals surface area contributed by atoms with Crippen LogP contribution in [-0.4, -0.2) is 48.1 Å². The Labute approximate surface area is 278 Å². The number of nitrogens with zero attached hydrogens (tertiary/aromatic N) is 1. The fourth-order valence-corrected chi connectivity index (χ4v) is 6.60. The number of halogens is 2. The van der Waals surface area contributed by atoms with E-state index in [2.05, 4.69) is 21.4 Å². The Hall–Kier alpha value is -4.37. The fraction of sp³-hybridized carbons (Fsp3) is 0.289. The van der Waals surface area contributed by atoms with Crippen molar-refractivity contribution in [3.8, 4) is 0 Å². The standard InChI is InChI=1S/C38H37ClFN3O4/c1-46-36(45)19-29(37(25-11-4-2-5-12-25)26-13-6-3-7-14-26)35(44)18-27-15-9-8-10-24(27)16-17-28-22-41-34(23-47-28)38-42-32-20-30(39)31(40)21-33(32)43-38/h2-15,20-21,28-29,34,37,41H,16-19,22-23H2,1H3,(H,42,43)/t28-,29-,34+/m1/s1. The van der Waals surface area contributed by atoms with Crippen LogP contribution in [0.25, 0.3) is 11.0 Å². The zero-order valence-electron chi connectivity index (χ0n) is 26.1. The number of methoxy groups -OCH3 is 1. The molecule has 1 aliphatic heterocycles. The van der Waals surface area contributed by atoms with E-state index in [4.69, 9.17) is 21.1 Å². The van der Waals surface area contributed by atoms with Gasteiger partial charge in [-0.3, -0.25) is 9.59 Å². The van der Waals surface area contributed by atoms with Crippen molar-refractivity contribution in [3.05, 3.63) is 136 Å². The molecule has 1 aromatic heterocycles. The molecule has 9 heteroatoms. The molecule has 0 radical (unpaired) electrons. The largest absolute Gasteiger partial charge is 0.469 e. The highest BCUT2D eigenvalue weighted by Gasteiger charge is 2.33. The Kier molecular flexibility index (Phi) is 10.4. The van der Waals surface area contributed by atoms with E-state index in [-0.39, 0.29) is 41.7 Å². The molecule has 7 nitrogen and oxygen atoms in total. The van der Waals surface area contributed by atoms with E-state index in [1.165, 1.54) is 19.2 Å². The molecule has 0 bridgehead atoms. The van der Waals surface area contributed by atoms with Gasteiger partial charge >= 0.3 is 5.97 Å². The molecule has 5 aromatic rings. The normalized spacial score (nSPS) is 17.1. The van der Waals surface area contributed by atoms with Crippen LogP contribution in [0.3, 0.4) is 0 Å². The van der Waals surface area contributed by atoms with E-state index in [0.29, 0.717) is 30.0 Å². The third kappa shape index (κ3) is 7.79. The van der Waals surface area contributed by atoms with Crippen molar-refractivity contribution in [1.82, 2.24) is 15.3 Å². The molecule has 0 unspecified atom stereocenters. The van der Waals surface area contributed by atoms with Crippen molar-refractivity contribution >= 4 is 34.4 Å². The van der Waals surface area contributed by atoms with Crippen LogP contribution in [0.5, 0.6) is 0 Å². The van der Waals surface area contributed by atoms with Gasteiger partial charge in [0.1, 0.15) is 17.4 Å². The van der Waals surface area contributed by atoms with Gasteiger partial charge in [0.05, 0.1) is 48.3 Å². The molecule has 4 aromatic carbocycles. The SMILES string of the molecule is COC(=O)C[C@H](C(=O)Cc1ccccc1CC[C@@H]1CN[C@H](c2nc3cc(Cl)c(F)cc3[nH]2)CO1)C(c1ccccc1)c1ccccc1. The lowest BCUT2D eigenvalue weighted by molar-refractivity contribution is -0.144. The fourth-order valence-electron chi connectivity index (χ4n) is 6.44. The van der Waals surface area contributed by atoms with Gasteiger partial charge in [-0.25, -0.2) is 9.37 Å². The molecule has 1 saturated heterocycles. The molecule has 0 amide bonds. The summed E-state index contributed by atoms with van der Waals surface area (Å²) >= 11 is 5.93. The number of hydrogen-bond acceptors (Lipinski definition) is 6. The number of carbonyl (C=O) groups is 2. The van der Waals surface area contributed by atoms with Crippen molar-refractivity contribution < 1.29 is 23.5 Å². The van der Waals surface area contributed by atoms with Crippen LogP contribution in [0.15, 0.2) is 97.1 Å². The quantitative estimate of drug-likeness (QED) is 0.139. The molecular weight excluding hydrogens is 617 g/mol. The minimum atomic E-state index is -0.603. The number of hydrogen-bond donors (Lipinski definition) is 2. The lowest BCUT2D eigenvalue weighted by Crippen LogP contribution is -2.41. The first-order chi connectivity index (χ1) is 22.9. The van der Waals surface area contributed by atoms with Crippen molar-refractivity contribution in [2.45, 2.75) is 43.7 Å². The van der Waals surface area contributed by atoms with Gasteiger partial charge in [-0.15, -0.1) is 0 Å². The number of esters is 1. The zero-order valence-corrected chi connectivity index (χ0v) is 26.9. The highest BCUT2D eigenvalue weighted by atomic mass is 35.5. The highest BCUT2D eigenvalue weighted by Crippen LogP contribution is 2.36. The molecule has 2 heterocycles. The molecule has 1 fully saturated rings. The molecule has 0 aliphatic carbocycles. The number of carbonyl (C=O) groups excluding carboxylic acids is 2. The summed E-state index contributed by atoms with van der Waals surface area (Å²) in [4.78, 5) is 34.6. The summed E-state index contributed by atoms with van der Waals surface area (Å²) in [5.74, 6) is -1.13. The molecule has 0 spiro atoms. The summed E-state index contributed by atoms with van der Waals surface area (Å²) in [6.45, 7) is 1.03. The van der Waals surface area contributed by atoms with Gasteiger partial charge in [0, 0.05) is 30.9 Å². The molecule has 47 heavy (non-hydrogen) atoms. The van der Waals surface area contributed by atoms with Crippen molar-refractivity contribution in [2.75, 3.05) is 20.3 Å². The molecular formula is C38H37ClFN3O4. The first kappa shape index (κ1) is 32.6. The second kappa shape index (κ2) is 15.0. The number of ketones is 1. The minimum Gasteiger partial charge on any atom is -0.469 e. The second-order valence-corrected chi connectivity index (χ2v) is 12.4. The number of benzene rings is 4. The highest BCUT2D eigenvalue weighted by molar-refractivity contribution is 6.31. The molecule has 2 N–H and O–H groups in total. The summed E-state index contributed by atoms with van der Waals surface area (Å²) in [7, 11) is 1.36. The second-order valence-electron chi connectivity index (χ2n) is 12.0. The zero-order chi connectivity index (χ0) is 32.8. The molecule has 1 aliphatic rings. The first-order valence-corrected chi connectivity index (χ1v) is 16.2. The van der Waals surface area contributed by atoms with E-state index in [9.17, 15) is 14.0 Å². The van der Waals surface area contributed by atoms with Gasteiger partial charge in [0.15, 0.2) is 0 Å². The van der Waals surface area contributed by atoms with Crippen LogP contribution in [-0.2, 0) is 31.9 Å². The van der Waals surface area contributed by atoms with Crippen molar-refractivity contribution in [1.29, 1.82) is 0 Å². The lowest BCUT2D eigenvalue weighted by atomic mass is 9.75. The molecule has 6 rings (SSSR count). The molecule has 3 atom stereocenters. The Morgan fingerprint density at radius 3 is 2.28 bits per heavy atom. The van der Waals surface area contributed by atoms with Crippen LogP contribution in [0.2, 0.25) is 5.02 Å². The number of ether oxygens (including phenoxy) is 2. The molecule has 0 saturated carbocycles. The third-order valence-corrected chi connectivity index (χ3v) is 9.22. The van der Waals surface area contributed by atoms with Gasteiger partial charge in [-0.2, -0.15) is 0 Å². The van der Waals surface area contributed by atoms with Crippen molar-refractivity contribution in [3.63, 3.8) is 0 Å². The monoisotopic (exact) mass is 653 g/mol. The maximum absolute atomic E-state index is 14.2. The predicted octanol–water partition coefficient (Wildman–Crippen LogP) is 7.14. The maximum Gasteiger partial charge on any atom is 0.306 e. The lowest BCUT2D eigenvalue weighted by Gasteiger charge is -2.29. The Balaban J connectivity index is 1.13. The smallest absolute Gasteiger partial charge is 0.306 e. The summed E-state index contributed by atoms with van der Waals surface area (Å²) in [6, 6.07) is 30.5. The van der Waals surface area contributed by atoms with E-state index in [1.54, 1.807) is 0 Å². The molecule has 242 valence electrons. The van der Waals surface area contributed by atoms with E-state index in [1.807, 2.05) is 78.9 Å². The first-order valence-electron chi connectivity index (χ1n) is 15.9. The number of aryl methyl sites for hydroxylation is 1. The number of fused-ring (bicyclic) bond motifs is 1. The van der Waals surface area contributed by atoms with E-state index in [0.717, 1.165) is 35.1 Å².